The maximum atomic E-state index is 13.1. The lowest BCUT2D eigenvalue weighted by atomic mass is 10.0. The first-order valence-electron chi connectivity index (χ1n) is 10.9. The number of hydrogen-bond acceptors (Lipinski definition) is 5. The van der Waals surface area contributed by atoms with Crippen molar-refractivity contribution in [2.24, 2.45) is 0 Å². The molecule has 1 atom stereocenters. The second-order valence-corrected chi connectivity index (χ2v) is 10.7. The van der Waals surface area contributed by atoms with Gasteiger partial charge >= 0.3 is 0 Å². The zero-order valence-corrected chi connectivity index (χ0v) is 20.0. The van der Waals surface area contributed by atoms with E-state index in [2.05, 4.69) is 11.2 Å². The summed E-state index contributed by atoms with van der Waals surface area (Å²) in [5.74, 6) is 4.71. The Morgan fingerprint density at radius 3 is 2.58 bits per heavy atom. The average Bonchev–Trinajstić information content (AvgIpc) is 3.58. The van der Waals surface area contributed by atoms with Gasteiger partial charge in [0.25, 0.3) is 5.91 Å². The number of rotatable bonds is 9. The number of fused-ring (bicyclic) bond motifs is 1. The maximum absolute atomic E-state index is 13.1. The lowest BCUT2D eigenvalue weighted by Crippen LogP contribution is -2.32. The first kappa shape index (κ1) is 23.1. The van der Waals surface area contributed by atoms with Gasteiger partial charge in [-0.05, 0) is 73.0 Å². The van der Waals surface area contributed by atoms with Gasteiger partial charge in [0.1, 0.15) is 11.4 Å². The number of aromatic nitrogens is 2. The topological polar surface area (TPSA) is 96.7 Å². The molecule has 3 aromatic rings. The van der Waals surface area contributed by atoms with E-state index in [9.17, 15) is 14.1 Å². The summed E-state index contributed by atoms with van der Waals surface area (Å²) in [5.41, 5.74) is 3.65. The number of aliphatic hydroxyl groups is 1. The predicted molar refractivity (Wildman–Crippen MR) is 133 cm³/mol. The van der Waals surface area contributed by atoms with Crippen LogP contribution in [-0.4, -0.2) is 64.4 Å². The maximum Gasteiger partial charge on any atom is 0.270 e. The van der Waals surface area contributed by atoms with Crippen molar-refractivity contribution in [1.29, 1.82) is 0 Å². The molecule has 1 aliphatic carbocycles. The van der Waals surface area contributed by atoms with Crippen molar-refractivity contribution in [3.63, 3.8) is 0 Å². The number of aliphatic hydroxyl groups excluding tert-OH is 1. The van der Waals surface area contributed by atoms with Crippen LogP contribution >= 0.6 is 0 Å². The normalized spacial score (nSPS) is 15.3. The first-order chi connectivity index (χ1) is 15.8. The van der Waals surface area contributed by atoms with E-state index >= 15 is 0 Å². The third kappa shape index (κ3) is 4.56. The summed E-state index contributed by atoms with van der Waals surface area (Å²) in [6.45, 7) is 0.419. The van der Waals surface area contributed by atoms with Crippen molar-refractivity contribution in [1.82, 2.24) is 15.1 Å². The highest BCUT2D eigenvalue weighted by molar-refractivity contribution is 8.00. The molecule has 9 heteroatoms. The average molecular weight is 471 g/mol. The number of methoxy groups -OCH3 is 1. The molecule has 8 nitrogen and oxygen atoms in total. The van der Waals surface area contributed by atoms with E-state index in [0.717, 1.165) is 35.2 Å². The molecule has 2 N–H and O–H groups in total. The second kappa shape index (κ2) is 9.07. The van der Waals surface area contributed by atoms with Gasteiger partial charge in [-0.25, -0.2) is 8.89 Å². The number of anilines is 1. The predicted octanol–water partition coefficient (Wildman–Crippen LogP) is 2.72. The minimum Gasteiger partial charge on any atom is -0.497 e. The molecule has 0 aliphatic heterocycles. The number of amides is 1. The number of carbonyl (C=O) groups excluding carboxylic acids is 1. The van der Waals surface area contributed by atoms with Crippen LogP contribution in [0.15, 0.2) is 36.4 Å². The van der Waals surface area contributed by atoms with Crippen LogP contribution < -0.4 is 14.4 Å². The van der Waals surface area contributed by atoms with Crippen LogP contribution in [0.5, 0.6) is 5.75 Å². The van der Waals surface area contributed by atoms with E-state index in [1.807, 2.05) is 36.4 Å². The standard InChI is InChI=1S/C24H30N4O4S/c1-25-24(30)23-20-14-19(16-6-7-16)22(27(12-5-13-29)33(3,4)31)15-21(20)26-28(23)17-8-10-18(32-2)11-9-17/h8-11,14-16,29H,3,5-7,12-13H2,1-2,4H3,(H,25,30). The summed E-state index contributed by atoms with van der Waals surface area (Å²) in [4.78, 5) is 12.9. The fourth-order valence-electron chi connectivity index (χ4n) is 4.06. The molecule has 1 fully saturated rings. The van der Waals surface area contributed by atoms with Gasteiger partial charge in [0, 0.05) is 41.5 Å². The molecule has 33 heavy (non-hydrogen) atoms. The highest BCUT2D eigenvalue weighted by atomic mass is 32.2. The van der Waals surface area contributed by atoms with Gasteiger partial charge in [0.05, 0.1) is 24.0 Å². The van der Waals surface area contributed by atoms with Crippen molar-refractivity contribution in [2.45, 2.75) is 25.2 Å². The van der Waals surface area contributed by atoms with Crippen LogP contribution in [0.1, 0.15) is 41.2 Å². The van der Waals surface area contributed by atoms with Crippen molar-refractivity contribution in [2.75, 3.05) is 37.9 Å². The Hall–Kier alpha value is -3.04. The Bertz CT molecular complexity index is 1280. The molecule has 0 spiro atoms. The minimum atomic E-state index is -2.58. The highest BCUT2D eigenvalue weighted by Gasteiger charge is 2.31. The van der Waals surface area contributed by atoms with Gasteiger partial charge in [-0.15, -0.1) is 0 Å². The minimum absolute atomic E-state index is 0.0000574. The number of hydrogen-bond donors (Lipinski definition) is 2. The van der Waals surface area contributed by atoms with Crippen LogP contribution in [0.3, 0.4) is 0 Å². The van der Waals surface area contributed by atoms with Gasteiger partial charge in [-0.3, -0.25) is 9.10 Å². The van der Waals surface area contributed by atoms with Gasteiger partial charge in [0.2, 0.25) is 0 Å². The molecule has 0 saturated heterocycles. The third-order valence-corrected chi connectivity index (χ3v) is 7.16. The first-order valence-corrected chi connectivity index (χ1v) is 13.0. The molecule has 176 valence electrons. The second-order valence-electron chi connectivity index (χ2n) is 8.38. The van der Waals surface area contributed by atoms with Crippen LogP contribution in [-0.2, 0) is 9.71 Å². The molecule has 1 heterocycles. The summed E-state index contributed by atoms with van der Waals surface area (Å²) >= 11 is 0. The van der Waals surface area contributed by atoms with Crippen LogP contribution in [0.4, 0.5) is 5.69 Å². The third-order valence-electron chi connectivity index (χ3n) is 5.85. The Kier molecular flexibility index (Phi) is 6.36. The molecule has 0 radical (unpaired) electrons. The summed E-state index contributed by atoms with van der Waals surface area (Å²) in [6.07, 6.45) is 4.16. The smallest absolute Gasteiger partial charge is 0.270 e. The molecular formula is C24H30N4O4S. The van der Waals surface area contributed by atoms with Crippen LogP contribution in [0.25, 0.3) is 16.6 Å². The molecule has 1 unspecified atom stereocenters. The van der Waals surface area contributed by atoms with Crippen LogP contribution in [0.2, 0.25) is 0 Å². The number of nitrogens with zero attached hydrogens (tertiary/aromatic N) is 3. The van der Waals surface area contributed by atoms with Crippen molar-refractivity contribution in [3.8, 4) is 11.4 Å². The van der Waals surface area contributed by atoms with E-state index in [0.29, 0.717) is 35.8 Å². The van der Waals surface area contributed by atoms with E-state index < -0.39 is 9.71 Å². The molecule has 1 aromatic heterocycles. The SMILES string of the molecule is C=S(C)(=O)N(CCCO)c1cc2nn(-c3ccc(OC)cc3)c(C(=O)NC)c2cc1C1CC1. The molecular weight excluding hydrogens is 440 g/mol. The fraction of sp³-hybridized carbons (Fsp3) is 0.375. The van der Waals surface area contributed by atoms with Crippen LogP contribution in [0, 0.1) is 0 Å². The monoisotopic (exact) mass is 470 g/mol. The number of nitrogens with one attached hydrogen (secondary N) is 1. The molecule has 4 rings (SSSR count). The Balaban J connectivity index is 1.95. The molecule has 1 saturated carbocycles. The molecule has 0 bridgehead atoms. The number of benzene rings is 2. The number of ether oxygens (including phenoxy) is 1. The molecule has 2 aromatic carbocycles. The summed E-state index contributed by atoms with van der Waals surface area (Å²) in [6, 6.07) is 11.3. The van der Waals surface area contributed by atoms with E-state index in [4.69, 9.17) is 9.84 Å². The van der Waals surface area contributed by atoms with E-state index in [1.54, 1.807) is 29.4 Å². The quantitative estimate of drug-likeness (QED) is 0.469. The van der Waals surface area contributed by atoms with E-state index in [1.165, 1.54) is 0 Å². The summed E-state index contributed by atoms with van der Waals surface area (Å²) in [7, 11) is 0.624. The fourth-order valence-corrected chi connectivity index (χ4v) is 5.15. The summed E-state index contributed by atoms with van der Waals surface area (Å²) in [5, 5.41) is 17.6. The van der Waals surface area contributed by atoms with Crippen molar-refractivity contribution < 1.29 is 18.8 Å². The largest absolute Gasteiger partial charge is 0.497 e. The number of carbonyl (C=O) groups is 1. The van der Waals surface area contributed by atoms with Gasteiger partial charge in [-0.2, -0.15) is 5.10 Å². The lowest BCUT2D eigenvalue weighted by Gasteiger charge is -2.28. The van der Waals surface area contributed by atoms with Gasteiger partial charge < -0.3 is 15.2 Å². The summed E-state index contributed by atoms with van der Waals surface area (Å²) < 4.78 is 21.7. The lowest BCUT2D eigenvalue weighted by molar-refractivity contribution is 0.0957. The Labute approximate surface area is 194 Å². The van der Waals surface area contributed by atoms with Crippen molar-refractivity contribution >= 4 is 38.1 Å². The van der Waals surface area contributed by atoms with Gasteiger partial charge in [-0.1, -0.05) is 0 Å². The molecule has 1 aliphatic rings. The van der Waals surface area contributed by atoms with E-state index in [-0.39, 0.29) is 12.5 Å². The highest BCUT2D eigenvalue weighted by Crippen LogP contribution is 2.46. The Morgan fingerprint density at radius 1 is 1.33 bits per heavy atom. The Morgan fingerprint density at radius 2 is 2.03 bits per heavy atom. The van der Waals surface area contributed by atoms with Gasteiger partial charge in [0.15, 0.2) is 0 Å². The van der Waals surface area contributed by atoms with Crippen molar-refractivity contribution in [3.05, 3.63) is 47.7 Å². The molecule has 1 amide bonds. The zero-order valence-electron chi connectivity index (χ0n) is 19.2. The zero-order chi connectivity index (χ0) is 23.8.